The highest BCUT2D eigenvalue weighted by molar-refractivity contribution is 5.57. The van der Waals surface area contributed by atoms with Crippen LogP contribution in [0.2, 0.25) is 0 Å². The van der Waals surface area contributed by atoms with Gasteiger partial charge in [0.1, 0.15) is 0 Å². The van der Waals surface area contributed by atoms with Crippen molar-refractivity contribution in [3.8, 4) is 0 Å². The molecule has 6 nitrogen and oxygen atoms in total. The molecule has 1 aromatic heterocycles. The maximum absolute atomic E-state index is 10.7. The van der Waals surface area contributed by atoms with Crippen molar-refractivity contribution in [1.82, 2.24) is 4.98 Å². The number of pyridine rings is 1. The summed E-state index contributed by atoms with van der Waals surface area (Å²) in [6.45, 7) is 0.421. The number of nitrogens with zero attached hydrogens (tertiary/aromatic N) is 2. The zero-order valence-electron chi connectivity index (χ0n) is 7.77. The molecule has 76 valence electrons. The summed E-state index contributed by atoms with van der Waals surface area (Å²) < 4.78 is 4.84. The molecule has 14 heavy (non-hydrogen) atoms. The van der Waals surface area contributed by atoms with Crippen LogP contribution in [0, 0.1) is 10.1 Å². The van der Waals surface area contributed by atoms with Gasteiger partial charge in [0, 0.05) is 25.3 Å². The first-order chi connectivity index (χ1) is 6.66. The van der Waals surface area contributed by atoms with Crippen molar-refractivity contribution in [3.05, 3.63) is 27.9 Å². The predicted octanol–water partition coefficient (Wildman–Crippen LogP) is 0.761. The quantitative estimate of drug-likeness (QED) is 0.568. The van der Waals surface area contributed by atoms with E-state index in [0.29, 0.717) is 18.6 Å². The van der Waals surface area contributed by atoms with Gasteiger partial charge < -0.3 is 10.5 Å². The average molecular weight is 197 g/mol. The molecule has 2 N–H and O–H groups in total. The molecule has 0 aliphatic carbocycles. The summed E-state index contributed by atoms with van der Waals surface area (Å²) in [6, 6.07) is 1.58. The number of nitro groups is 1. The highest BCUT2D eigenvalue weighted by Gasteiger charge is 2.18. The Kier molecular flexibility index (Phi) is 3.35. The first kappa shape index (κ1) is 10.4. The predicted molar refractivity (Wildman–Crippen MR) is 50.9 cm³/mol. The number of ether oxygens (including phenoxy) is 1. The lowest BCUT2D eigenvalue weighted by molar-refractivity contribution is -0.384. The van der Waals surface area contributed by atoms with E-state index in [9.17, 15) is 10.1 Å². The topological polar surface area (TPSA) is 91.3 Å². The van der Waals surface area contributed by atoms with E-state index < -0.39 is 4.92 Å². The van der Waals surface area contributed by atoms with Gasteiger partial charge in [-0.15, -0.1) is 0 Å². The molecule has 0 aliphatic heterocycles. The van der Waals surface area contributed by atoms with Crippen molar-refractivity contribution >= 4 is 11.5 Å². The van der Waals surface area contributed by atoms with Crippen molar-refractivity contribution in [2.45, 2.75) is 6.42 Å². The van der Waals surface area contributed by atoms with Crippen LogP contribution in [0.5, 0.6) is 0 Å². The van der Waals surface area contributed by atoms with E-state index in [-0.39, 0.29) is 11.5 Å². The molecule has 0 fully saturated rings. The van der Waals surface area contributed by atoms with Crippen LogP contribution in [0.15, 0.2) is 12.3 Å². The van der Waals surface area contributed by atoms with Gasteiger partial charge in [0.05, 0.1) is 11.5 Å². The van der Waals surface area contributed by atoms with E-state index in [1.54, 1.807) is 6.07 Å². The lowest BCUT2D eigenvalue weighted by Crippen LogP contribution is -2.04. The second-order valence-corrected chi connectivity index (χ2v) is 2.70. The Hall–Kier alpha value is -1.69. The van der Waals surface area contributed by atoms with Gasteiger partial charge >= 0.3 is 5.69 Å². The minimum atomic E-state index is -0.521. The third kappa shape index (κ3) is 2.17. The Labute approximate surface area is 80.9 Å². The second kappa shape index (κ2) is 4.52. The average Bonchev–Trinajstić information content (AvgIpc) is 2.14. The molecule has 1 rings (SSSR count). The zero-order valence-corrected chi connectivity index (χ0v) is 7.77. The number of nitrogen functional groups attached to an aromatic ring is 1. The van der Waals surface area contributed by atoms with Gasteiger partial charge in [0.2, 0.25) is 5.82 Å². The lowest BCUT2D eigenvalue weighted by atomic mass is 10.1. The standard InChI is InChI=1S/C8H11N3O3/c1-14-5-3-6-2-4-10-8(9)7(6)11(12)13/h2,4H,3,5H2,1H3,(H2,9,10). The van der Waals surface area contributed by atoms with E-state index in [1.165, 1.54) is 13.3 Å². The van der Waals surface area contributed by atoms with Crippen LogP contribution in [0.25, 0.3) is 0 Å². The minimum absolute atomic E-state index is 0.0522. The summed E-state index contributed by atoms with van der Waals surface area (Å²) in [6.07, 6.45) is 1.91. The van der Waals surface area contributed by atoms with Gasteiger partial charge in [-0.2, -0.15) is 0 Å². The third-order valence-electron chi connectivity index (χ3n) is 1.79. The maximum atomic E-state index is 10.7. The molecule has 1 aromatic rings. The van der Waals surface area contributed by atoms with Crippen molar-refractivity contribution in [1.29, 1.82) is 0 Å². The summed E-state index contributed by atoms with van der Waals surface area (Å²) in [5.41, 5.74) is 5.83. The van der Waals surface area contributed by atoms with Gasteiger partial charge in [-0.1, -0.05) is 0 Å². The first-order valence-electron chi connectivity index (χ1n) is 4.03. The van der Waals surface area contributed by atoms with E-state index in [0.717, 1.165) is 0 Å². The van der Waals surface area contributed by atoms with Crippen molar-refractivity contribution in [2.75, 3.05) is 19.5 Å². The largest absolute Gasteiger partial charge is 0.384 e. The van der Waals surface area contributed by atoms with Crippen molar-refractivity contribution < 1.29 is 9.66 Å². The van der Waals surface area contributed by atoms with Gasteiger partial charge in [0.25, 0.3) is 0 Å². The molecule has 0 radical (unpaired) electrons. The van der Waals surface area contributed by atoms with Crippen molar-refractivity contribution in [3.63, 3.8) is 0 Å². The second-order valence-electron chi connectivity index (χ2n) is 2.70. The molecule has 0 atom stereocenters. The molecule has 0 amide bonds. The number of methoxy groups -OCH3 is 1. The van der Waals surface area contributed by atoms with E-state index in [4.69, 9.17) is 10.5 Å². The summed E-state index contributed by atoms with van der Waals surface area (Å²) in [5.74, 6) is -0.0522. The summed E-state index contributed by atoms with van der Waals surface area (Å²) in [4.78, 5) is 13.8. The Morgan fingerprint density at radius 2 is 2.43 bits per heavy atom. The van der Waals surface area contributed by atoms with Crippen LogP contribution in [0.1, 0.15) is 5.56 Å². The van der Waals surface area contributed by atoms with Crippen LogP contribution in [-0.4, -0.2) is 23.6 Å². The molecule has 0 bridgehead atoms. The molecular formula is C8H11N3O3. The van der Waals surface area contributed by atoms with Crippen LogP contribution in [-0.2, 0) is 11.2 Å². The van der Waals surface area contributed by atoms with Crippen molar-refractivity contribution in [2.24, 2.45) is 0 Å². The molecule has 0 aliphatic rings. The zero-order chi connectivity index (χ0) is 10.6. The summed E-state index contributed by atoms with van der Waals surface area (Å²) >= 11 is 0. The number of nitrogens with two attached hydrogens (primary N) is 1. The Balaban J connectivity index is 3.02. The Morgan fingerprint density at radius 3 is 3.00 bits per heavy atom. The highest BCUT2D eigenvalue weighted by Crippen LogP contribution is 2.23. The fourth-order valence-electron chi connectivity index (χ4n) is 1.14. The van der Waals surface area contributed by atoms with Crippen LogP contribution < -0.4 is 5.73 Å². The molecule has 1 heterocycles. The van der Waals surface area contributed by atoms with E-state index in [2.05, 4.69) is 4.98 Å². The number of aromatic nitrogens is 1. The lowest BCUT2D eigenvalue weighted by Gasteiger charge is -2.03. The van der Waals surface area contributed by atoms with Crippen LogP contribution in [0.3, 0.4) is 0 Å². The molecule has 0 aromatic carbocycles. The number of hydrogen-bond acceptors (Lipinski definition) is 5. The number of rotatable bonds is 4. The van der Waals surface area contributed by atoms with Gasteiger partial charge in [-0.3, -0.25) is 10.1 Å². The Morgan fingerprint density at radius 1 is 1.71 bits per heavy atom. The highest BCUT2D eigenvalue weighted by atomic mass is 16.6. The molecule has 6 heteroatoms. The molecular weight excluding hydrogens is 186 g/mol. The van der Waals surface area contributed by atoms with Gasteiger partial charge in [0.15, 0.2) is 0 Å². The number of anilines is 1. The fourth-order valence-corrected chi connectivity index (χ4v) is 1.14. The van der Waals surface area contributed by atoms with Gasteiger partial charge in [-0.25, -0.2) is 4.98 Å². The normalized spacial score (nSPS) is 10.1. The summed E-state index contributed by atoms with van der Waals surface area (Å²) in [7, 11) is 1.54. The molecule has 0 unspecified atom stereocenters. The minimum Gasteiger partial charge on any atom is -0.384 e. The fraction of sp³-hybridized carbons (Fsp3) is 0.375. The number of hydrogen-bond donors (Lipinski definition) is 1. The molecule has 0 spiro atoms. The van der Waals surface area contributed by atoms with E-state index >= 15 is 0 Å². The van der Waals surface area contributed by atoms with Crippen LogP contribution >= 0.6 is 0 Å². The smallest absolute Gasteiger partial charge is 0.314 e. The first-order valence-corrected chi connectivity index (χ1v) is 4.03. The summed E-state index contributed by atoms with van der Waals surface area (Å²) in [5, 5.41) is 10.7. The third-order valence-corrected chi connectivity index (χ3v) is 1.79. The SMILES string of the molecule is COCCc1ccnc(N)c1[N+](=O)[O-]. The van der Waals surface area contributed by atoms with Gasteiger partial charge in [-0.05, 0) is 6.07 Å². The monoisotopic (exact) mass is 197 g/mol. The van der Waals surface area contributed by atoms with E-state index in [1.807, 2.05) is 0 Å². The molecule has 0 saturated carbocycles. The van der Waals surface area contributed by atoms with Crippen LogP contribution in [0.4, 0.5) is 11.5 Å². The maximum Gasteiger partial charge on any atom is 0.314 e. The Bertz CT molecular complexity index is 341. The molecule has 0 saturated heterocycles.